The number of hydrogen-bond acceptors (Lipinski definition) is 4. The maximum atomic E-state index is 11.9. The molecule has 0 atom stereocenters. The molecule has 1 amide bonds. The van der Waals surface area contributed by atoms with Crippen LogP contribution in [0.15, 0.2) is 35.5 Å². The molecule has 0 aliphatic carbocycles. The van der Waals surface area contributed by atoms with Crippen LogP contribution < -0.4 is 10.9 Å². The summed E-state index contributed by atoms with van der Waals surface area (Å²) in [6.07, 6.45) is 4.23. The van der Waals surface area contributed by atoms with Gasteiger partial charge in [-0.3, -0.25) is 14.6 Å². The minimum absolute atomic E-state index is 0.113. The van der Waals surface area contributed by atoms with Gasteiger partial charge in [0.1, 0.15) is 10.8 Å². The molecule has 19 heavy (non-hydrogen) atoms. The number of halogens is 1. The zero-order valence-electron chi connectivity index (χ0n) is 10.1. The number of pyridine rings is 1. The van der Waals surface area contributed by atoms with Crippen molar-refractivity contribution < 1.29 is 4.79 Å². The lowest BCUT2D eigenvalue weighted by atomic mass is 10.3. The third kappa shape index (κ3) is 3.17. The van der Waals surface area contributed by atoms with Gasteiger partial charge in [-0.1, -0.05) is 11.6 Å². The summed E-state index contributed by atoms with van der Waals surface area (Å²) in [6.45, 7) is 2.37. The van der Waals surface area contributed by atoms with Gasteiger partial charge in [-0.05, 0) is 13.0 Å². The van der Waals surface area contributed by atoms with Crippen LogP contribution in [-0.2, 0) is 6.54 Å². The van der Waals surface area contributed by atoms with Crippen LogP contribution in [0.1, 0.15) is 17.4 Å². The van der Waals surface area contributed by atoms with Gasteiger partial charge in [-0.25, -0.2) is 4.98 Å². The number of amides is 1. The fraction of sp³-hybridized carbons (Fsp3) is 0.167. The number of nitrogens with zero attached hydrogens (tertiary/aromatic N) is 3. The molecule has 7 heteroatoms. The van der Waals surface area contributed by atoms with Gasteiger partial charge in [-0.15, -0.1) is 0 Å². The molecule has 0 fully saturated rings. The van der Waals surface area contributed by atoms with Crippen molar-refractivity contribution in [3.05, 3.63) is 51.9 Å². The Bertz CT molecular complexity index is 669. The molecule has 2 aromatic heterocycles. The van der Waals surface area contributed by atoms with E-state index in [9.17, 15) is 9.59 Å². The lowest BCUT2D eigenvalue weighted by Gasteiger charge is -2.07. The predicted octanol–water partition coefficient (Wildman–Crippen LogP) is 1.56. The molecule has 2 heterocycles. The SMILES string of the molecule is CCn1cc(NC(=O)c2cncc(Cl)n2)ccc1=O. The highest BCUT2D eigenvalue weighted by Crippen LogP contribution is 2.07. The molecule has 2 rings (SSSR count). The standard InChI is InChI=1S/C12H11ClN4O2/c1-2-17-7-8(3-4-11(17)18)15-12(19)9-5-14-6-10(13)16-9/h3-7H,2H2,1H3,(H,15,19). The largest absolute Gasteiger partial charge is 0.319 e. The highest BCUT2D eigenvalue weighted by Gasteiger charge is 2.09. The first kappa shape index (κ1) is 13.2. The first-order valence-electron chi connectivity index (χ1n) is 5.59. The van der Waals surface area contributed by atoms with Crippen LogP contribution in [0.5, 0.6) is 0 Å². The van der Waals surface area contributed by atoms with Crippen molar-refractivity contribution in [1.82, 2.24) is 14.5 Å². The van der Waals surface area contributed by atoms with E-state index in [0.717, 1.165) is 0 Å². The van der Waals surface area contributed by atoms with E-state index >= 15 is 0 Å². The molecule has 0 spiro atoms. The fourth-order valence-electron chi connectivity index (χ4n) is 1.50. The summed E-state index contributed by atoms with van der Waals surface area (Å²) in [5.74, 6) is -0.434. The summed E-state index contributed by atoms with van der Waals surface area (Å²) >= 11 is 5.66. The predicted molar refractivity (Wildman–Crippen MR) is 71.4 cm³/mol. The second-order valence-electron chi connectivity index (χ2n) is 3.72. The average molecular weight is 279 g/mol. The van der Waals surface area contributed by atoms with Gasteiger partial charge in [0, 0.05) is 18.8 Å². The van der Waals surface area contributed by atoms with E-state index < -0.39 is 5.91 Å². The van der Waals surface area contributed by atoms with Crippen molar-refractivity contribution in [3.63, 3.8) is 0 Å². The molecule has 2 aromatic rings. The first-order valence-corrected chi connectivity index (χ1v) is 5.97. The van der Waals surface area contributed by atoms with Crippen molar-refractivity contribution in [2.24, 2.45) is 0 Å². The highest BCUT2D eigenvalue weighted by atomic mass is 35.5. The Hall–Kier alpha value is -2.21. The van der Waals surface area contributed by atoms with Crippen LogP contribution in [0, 0.1) is 0 Å². The number of carbonyl (C=O) groups excluding carboxylic acids is 1. The van der Waals surface area contributed by atoms with Gasteiger partial charge in [0.25, 0.3) is 11.5 Å². The van der Waals surface area contributed by atoms with Crippen LogP contribution in [0.2, 0.25) is 5.15 Å². The molecule has 98 valence electrons. The maximum absolute atomic E-state index is 11.9. The van der Waals surface area contributed by atoms with Crippen LogP contribution in [0.3, 0.4) is 0 Å². The lowest BCUT2D eigenvalue weighted by molar-refractivity contribution is 0.102. The van der Waals surface area contributed by atoms with Gasteiger partial charge >= 0.3 is 0 Å². The number of hydrogen-bond donors (Lipinski definition) is 1. The van der Waals surface area contributed by atoms with E-state index in [4.69, 9.17) is 11.6 Å². The fourth-order valence-corrected chi connectivity index (χ4v) is 1.65. The number of anilines is 1. The van der Waals surface area contributed by atoms with Gasteiger partial charge < -0.3 is 9.88 Å². The van der Waals surface area contributed by atoms with E-state index in [1.165, 1.54) is 29.1 Å². The summed E-state index contributed by atoms with van der Waals surface area (Å²) in [6, 6.07) is 2.92. The summed E-state index contributed by atoms with van der Waals surface area (Å²) in [5.41, 5.74) is 0.498. The Kier molecular flexibility index (Phi) is 3.91. The van der Waals surface area contributed by atoms with Gasteiger partial charge in [0.2, 0.25) is 0 Å². The average Bonchev–Trinajstić information content (AvgIpc) is 2.41. The van der Waals surface area contributed by atoms with Crippen molar-refractivity contribution in [1.29, 1.82) is 0 Å². The molecular formula is C12H11ClN4O2. The molecule has 0 aromatic carbocycles. The monoisotopic (exact) mass is 278 g/mol. The van der Waals surface area contributed by atoms with E-state index in [0.29, 0.717) is 12.2 Å². The van der Waals surface area contributed by atoms with Crippen molar-refractivity contribution in [2.45, 2.75) is 13.5 Å². The lowest BCUT2D eigenvalue weighted by Crippen LogP contribution is -2.20. The molecule has 0 bridgehead atoms. The van der Waals surface area contributed by atoms with Crippen molar-refractivity contribution in [3.8, 4) is 0 Å². The third-order valence-electron chi connectivity index (χ3n) is 2.42. The molecule has 0 aliphatic heterocycles. The molecule has 0 saturated carbocycles. The minimum Gasteiger partial charge on any atom is -0.319 e. The van der Waals surface area contributed by atoms with E-state index in [1.54, 1.807) is 6.20 Å². The Labute approximate surface area is 114 Å². The normalized spacial score (nSPS) is 10.2. The number of carbonyl (C=O) groups is 1. The Morgan fingerprint density at radius 1 is 1.42 bits per heavy atom. The first-order chi connectivity index (χ1) is 9.10. The summed E-state index contributed by atoms with van der Waals surface area (Å²) in [7, 11) is 0. The second kappa shape index (κ2) is 5.62. The van der Waals surface area contributed by atoms with Crippen LogP contribution in [0.25, 0.3) is 0 Å². The highest BCUT2D eigenvalue weighted by molar-refractivity contribution is 6.29. The molecule has 0 saturated heterocycles. The van der Waals surface area contributed by atoms with Crippen molar-refractivity contribution in [2.75, 3.05) is 5.32 Å². The molecule has 0 aliphatic rings. The smallest absolute Gasteiger partial charge is 0.275 e. The van der Waals surface area contributed by atoms with Crippen LogP contribution >= 0.6 is 11.6 Å². The summed E-state index contributed by atoms with van der Waals surface area (Å²) in [5, 5.41) is 2.77. The minimum atomic E-state index is -0.434. The van der Waals surface area contributed by atoms with E-state index in [2.05, 4.69) is 15.3 Å². The Morgan fingerprint density at radius 3 is 2.89 bits per heavy atom. The quantitative estimate of drug-likeness (QED) is 0.924. The zero-order chi connectivity index (χ0) is 13.8. The molecule has 0 radical (unpaired) electrons. The molecule has 6 nitrogen and oxygen atoms in total. The summed E-state index contributed by atoms with van der Waals surface area (Å²) in [4.78, 5) is 30.9. The number of rotatable bonds is 3. The third-order valence-corrected chi connectivity index (χ3v) is 2.60. The Morgan fingerprint density at radius 2 is 2.21 bits per heavy atom. The topological polar surface area (TPSA) is 76.9 Å². The number of nitrogens with one attached hydrogen (secondary N) is 1. The number of aromatic nitrogens is 3. The number of aryl methyl sites for hydroxylation is 1. The zero-order valence-corrected chi connectivity index (χ0v) is 10.9. The van der Waals surface area contributed by atoms with Crippen molar-refractivity contribution >= 4 is 23.2 Å². The maximum Gasteiger partial charge on any atom is 0.275 e. The van der Waals surface area contributed by atoms with E-state index in [-0.39, 0.29) is 16.4 Å². The summed E-state index contributed by atoms with van der Waals surface area (Å²) < 4.78 is 1.49. The molecular weight excluding hydrogens is 268 g/mol. The van der Waals surface area contributed by atoms with Crippen LogP contribution in [0.4, 0.5) is 5.69 Å². The van der Waals surface area contributed by atoms with Crippen LogP contribution in [-0.4, -0.2) is 20.4 Å². The van der Waals surface area contributed by atoms with E-state index in [1.807, 2.05) is 6.92 Å². The second-order valence-corrected chi connectivity index (χ2v) is 4.11. The van der Waals surface area contributed by atoms with Gasteiger partial charge in [0.15, 0.2) is 0 Å². The molecule has 0 unspecified atom stereocenters. The van der Waals surface area contributed by atoms with Gasteiger partial charge in [-0.2, -0.15) is 0 Å². The Balaban J connectivity index is 2.22. The molecule has 1 N–H and O–H groups in total. The van der Waals surface area contributed by atoms with Gasteiger partial charge in [0.05, 0.1) is 18.1 Å².